The molecule has 1 aliphatic carbocycles. The highest BCUT2D eigenvalue weighted by molar-refractivity contribution is 6.33. The lowest BCUT2D eigenvalue weighted by molar-refractivity contribution is 0.0915. The largest absolute Gasteiger partial charge is 0.393 e. The average Bonchev–Trinajstić information content (AvgIpc) is 3.25. The lowest BCUT2D eigenvalue weighted by atomic mass is 9.91. The number of halogens is 1. The van der Waals surface area contributed by atoms with Gasteiger partial charge in [-0.25, -0.2) is 9.97 Å². The first-order chi connectivity index (χ1) is 15.6. The van der Waals surface area contributed by atoms with Crippen LogP contribution in [-0.2, 0) is 0 Å². The van der Waals surface area contributed by atoms with Crippen molar-refractivity contribution >= 4 is 34.5 Å². The minimum Gasteiger partial charge on any atom is -0.393 e. The van der Waals surface area contributed by atoms with E-state index in [2.05, 4.69) is 20.3 Å². The molecule has 1 aromatic carbocycles. The Morgan fingerprint density at radius 2 is 1.84 bits per heavy atom. The third-order valence-electron chi connectivity index (χ3n) is 5.74. The summed E-state index contributed by atoms with van der Waals surface area (Å²) < 4.78 is 1.63. The Kier molecular flexibility index (Phi) is 5.55. The van der Waals surface area contributed by atoms with Crippen LogP contribution >= 0.6 is 11.6 Å². The summed E-state index contributed by atoms with van der Waals surface area (Å²) in [7, 11) is 0. The molecule has 2 atom stereocenters. The van der Waals surface area contributed by atoms with Crippen molar-refractivity contribution in [1.82, 2.24) is 25.0 Å². The van der Waals surface area contributed by atoms with Gasteiger partial charge in [0.15, 0.2) is 11.5 Å². The normalized spacial score (nSPS) is 18.6. The van der Waals surface area contributed by atoms with E-state index in [-0.39, 0.29) is 11.9 Å². The monoisotopic (exact) mass is 448 g/mol. The topological polar surface area (TPSA) is 97.0 Å². The van der Waals surface area contributed by atoms with E-state index in [1.807, 2.05) is 24.3 Å². The van der Waals surface area contributed by atoms with Crippen LogP contribution in [0, 0.1) is 0 Å². The van der Waals surface area contributed by atoms with E-state index in [0.29, 0.717) is 34.0 Å². The Morgan fingerprint density at radius 1 is 1.06 bits per heavy atom. The summed E-state index contributed by atoms with van der Waals surface area (Å²) in [4.78, 5) is 24.0. The second-order valence-corrected chi connectivity index (χ2v) is 8.26. The van der Waals surface area contributed by atoms with Crippen LogP contribution in [0.15, 0.2) is 60.9 Å². The standard InChI is InChI=1S/C23H21ClN6O2/c24-19-6-2-12-25-21(19)29(17-4-1-5-18(31)14-17)23(32)15-8-10-16(11-9-15)30-22-20(27-28-30)7-3-13-26-22/h2-3,6-13,17-18,31H,1,4-5,14H2. The van der Waals surface area contributed by atoms with Gasteiger partial charge in [0.2, 0.25) is 0 Å². The van der Waals surface area contributed by atoms with Crippen molar-refractivity contribution in [2.24, 2.45) is 0 Å². The molecule has 1 fully saturated rings. The summed E-state index contributed by atoms with van der Waals surface area (Å²) in [5, 5.41) is 18.9. The zero-order valence-electron chi connectivity index (χ0n) is 17.2. The van der Waals surface area contributed by atoms with Gasteiger partial charge in [0.05, 0.1) is 16.8 Å². The van der Waals surface area contributed by atoms with Crippen LogP contribution in [-0.4, -0.2) is 48.1 Å². The van der Waals surface area contributed by atoms with E-state index in [1.165, 1.54) is 0 Å². The number of benzene rings is 1. The summed E-state index contributed by atoms with van der Waals surface area (Å²) in [6.45, 7) is 0. The molecule has 4 aromatic rings. The lowest BCUT2D eigenvalue weighted by Crippen LogP contribution is -2.45. The van der Waals surface area contributed by atoms with E-state index in [1.54, 1.807) is 46.2 Å². The number of anilines is 1. The molecule has 8 nitrogen and oxygen atoms in total. The Labute approximate surface area is 189 Å². The molecule has 162 valence electrons. The van der Waals surface area contributed by atoms with Crippen molar-refractivity contribution in [1.29, 1.82) is 0 Å². The summed E-state index contributed by atoms with van der Waals surface area (Å²) in [6.07, 6.45) is 5.72. The molecule has 2 unspecified atom stereocenters. The number of hydrogen-bond donors (Lipinski definition) is 1. The van der Waals surface area contributed by atoms with Crippen LogP contribution in [0.25, 0.3) is 16.9 Å². The van der Waals surface area contributed by atoms with Gasteiger partial charge in [-0.1, -0.05) is 16.8 Å². The van der Waals surface area contributed by atoms with Crippen LogP contribution in [0.4, 0.5) is 5.82 Å². The molecular formula is C23H21ClN6O2. The minimum atomic E-state index is -0.443. The van der Waals surface area contributed by atoms with E-state index < -0.39 is 6.10 Å². The molecule has 0 aliphatic heterocycles. The van der Waals surface area contributed by atoms with Gasteiger partial charge < -0.3 is 5.11 Å². The summed E-state index contributed by atoms with van der Waals surface area (Å²) >= 11 is 6.41. The minimum absolute atomic E-state index is 0.179. The van der Waals surface area contributed by atoms with E-state index in [9.17, 15) is 9.90 Å². The molecule has 1 saturated carbocycles. The quantitative estimate of drug-likeness (QED) is 0.509. The SMILES string of the molecule is O=C(c1ccc(-n2nnc3cccnc32)cc1)N(c1ncccc1Cl)C1CCCC(O)C1. The zero-order chi connectivity index (χ0) is 22.1. The molecule has 0 saturated heterocycles. The van der Waals surface area contributed by atoms with Gasteiger partial charge in [0, 0.05) is 24.0 Å². The van der Waals surface area contributed by atoms with Gasteiger partial charge in [0.1, 0.15) is 5.52 Å². The second-order valence-electron chi connectivity index (χ2n) is 7.85. The molecule has 9 heteroatoms. The van der Waals surface area contributed by atoms with E-state index in [4.69, 9.17) is 11.6 Å². The number of carbonyl (C=O) groups excluding carboxylic acids is 1. The summed E-state index contributed by atoms with van der Waals surface area (Å²) in [5.74, 6) is 0.201. The zero-order valence-corrected chi connectivity index (χ0v) is 17.9. The van der Waals surface area contributed by atoms with E-state index in [0.717, 1.165) is 24.9 Å². The maximum Gasteiger partial charge on any atom is 0.259 e. The van der Waals surface area contributed by atoms with Gasteiger partial charge in [-0.3, -0.25) is 9.69 Å². The van der Waals surface area contributed by atoms with Crippen molar-refractivity contribution in [3.63, 3.8) is 0 Å². The van der Waals surface area contributed by atoms with Crippen molar-refractivity contribution in [3.05, 3.63) is 71.5 Å². The fourth-order valence-corrected chi connectivity index (χ4v) is 4.40. The van der Waals surface area contributed by atoms with Crippen molar-refractivity contribution in [2.75, 3.05) is 4.90 Å². The smallest absolute Gasteiger partial charge is 0.259 e. The number of pyridine rings is 2. The molecule has 0 spiro atoms. The van der Waals surface area contributed by atoms with Gasteiger partial charge in [0.25, 0.3) is 5.91 Å². The van der Waals surface area contributed by atoms with Gasteiger partial charge in [-0.05, 0) is 74.2 Å². The van der Waals surface area contributed by atoms with Crippen LogP contribution in [0.5, 0.6) is 0 Å². The predicted molar refractivity (Wildman–Crippen MR) is 121 cm³/mol. The third-order valence-corrected chi connectivity index (χ3v) is 6.03. The van der Waals surface area contributed by atoms with Crippen LogP contribution < -0.4 is 4.90 Å². The molecule has 1 amide bonds. The number of amides is 1. The number of aliphatic hydroxyl groups is 1. The predicted octanol–water partition coefficient (Wildman–Crippen LogP) is 3.81. The average molecular weight is 449 g/mol. The van der Waals surface area contributed by atoms with Gasteiger partial charge in [-0.2, -0.15) is 4.68 Å². The molecular weight excluding hydrogens is 428 g/mol. The van der Waals surface area contributed by atoms with Gasteiger partial charge in [-0.15, -0.1) is 5.10 Å². The number of carbonyl (C=O) groups is 1. The third kappa shape index (κ3) is 3.83. The Bertz CT molecular complexity index is 1260. The van der Waals surface area contributed by atoms with Crippen molar-refractivity contribution < 1.29 is 9.90 Å². The highest BCUT2D eigenvalue weighted by Gasteiger charge is 2.32. The van der Waals surface area contributed by atoms with Crippen LogP contribution in [0.3, 0.4) is 0 Å². The highest BCUT2D eigenvalue weighted by atomic mass is 35.5. The Morgan fingerprint density at radius 3 is 2.62 bits per heavy atom. The Hall–Kier alpha value is -3.36. The number of hydrogen-bond acceptors (Lipinski definition) is 6. The van der Waals surface area contributed by atoms with Crippen molar-refractivity contribution in [2.45, 2.75) is 37.8 Å². The number of aliphatic hydroxyl groups excluding tert-OH is 1. The maximum absolute atomic E-state index is 13.6. The highest BCUT2D eigenvalue weighted by Crippen LogP contribution is 2.32. The molecule has 32 heavy (non-hydrogen) atoms. The maximum atomic E-state index is 13.6. The molecule has 5 rings (SSSR count). The second kappa shape index (κ2) is 8.64. The lowest BCUT2D eigenvalue weighted by Gasteiger charge is -2.35. The molecule has 0 bridgehead atoms. The fourth-order valence-electron chi connectivity index (χ4n) is 4.19. The van der Waals surface area contributed by atoms with Gasteiger partial charge >= 0.3 is 0 Å². The van der Waals surface area contributed by atoms with E-state index >= 15 is 0 Å². The fraction of sp³-hybridized carbons (Fsp3) is 0.261. The molecule has 0 radical (unpaired) electrons. The first-order valence-corrected chi connectivity index (χ1v) is 10.9. The van der Waals surface area contributed by atoms with Crippen molar-refractivity contribution in [3.8, 4) is 5.69 Å². The summed E-state index contributed by atoms with van der Waals surface area (Å²) in [5.41, 5.74) is 2.58. The Balaban J connectivity index is 1.49. The number of fused-ring (bicyclic) bond motifs is 1. The van der Waals surface area contributed by atoms with Crippen LogP contribution in [0.2, 0.25) is 5.02 Å². The first kappa shape index (κ1) is 20.5. The number of aromatic nitrogens is 5. The summed E-state index contributed by atoms with van der Waals surface area (Å²) in [6, 6.07) is 14.0. The first-order valence-electron chi connectivity index (χ1n) is 10.5. The molecule has 1 N–H and O–H groups in total. The molecule has 1 aliphatic rings. The molecule has 3 aromatic heterocycles. The van der Waals surface area contributed by atoms with Crippen LogP contribution in [0.1, 0.15) is 36.0 Å². The number of nitrogens with zero attached hydrogens (tertiary/aromatic N) is 6. The number of rotatable bonds is 4. The molecule has 3 heterocycles.